The number of benzene rings is 2. The lowest BCUT2D eigenvalue weighted by atomic mass is 9.96. The summed E-state index contributed by atoms with van der Waals surface area (Å²) < 4.78 is 33.8. The molecule has 1 aliphatic rings. The third kappa shape index (κ3) is 12.0. The molecule has 1 aliphatic heterocycles. The molecule has 3 N–H and O–H groups in total. The number of esters is 4. The Morgan fingerprint density at radius 3 is 2.02 bits per heavy atom. The molecule has 0 unspecified atom stereocenters. The minimum Gasteiger partial charge on any atom is -0.508 e. The molecular formula is C36H45NO14. The predicted molar refractivity (Wildman–Crippen MR) is 177 cm³/mol. The van der Waals surface area contributed by atoms with E-state index in [-0.39, 0.29) is 23.8 Å². The summed E-state index contributed by atoms with van der Waals surface area (Å²) >= 11 is 0. The third-order valence-corrected chi connectivity index (χ3v) is 7.89. The zero-order valence-electron chi connectivity index (χ0n) is 29.7. The van der Waals surface area contributed by atoms with Crippen molar-refractivity contribution < 1.29 is 67.4 Å². The smallest absolute Gasteiger partial charge is 0.328 e. The van der Waals surface area contributed by atoms with Crippen LogP contribution in [-0.2, 0) is 65.3 Å². The van der Waals surface area contributed by atoms with Gasteiger partial charge in [0.15, 0.2) is 12.2 Å². The number of ether oxygens (including phenoxy) is 6. The number of hydrogen-bond donors (Lipinski definition) is 3. The number of carboxylic acids is 1. The topological polar surface area (TPSA) is 210 Å². The number of aliphatic carboxylic acids is 1. The molecule has 0 saturated carbocycles. The van der Waals surface area contributed by atoms with Gasteiger partial charge in [-0.1, -0.05) is 24.3 Å². The number of carbonyl (C=O) groups excluding carboxylic acids is 5. The summed E-state index contributed by atoms with van der Waals surface area (Å²) in [6, 6.07) is 10.3. The van der Waals surface area contributed by atoms with Crippen molar-refractivity contribution in [3.05, 3.63) is 58.7 Å². The summed E-state index contributed by atoms with van der Waals surface area (Å²) in [5, 5.41) is 22.1. The molecule has 0 radical (unpaired) electrons. The minimum absolute atomic E-state index is 0.134. The molecule has 1 saturated heterocycles. The summed E-state index contributed by atoms with van der Waals surface area (Å²) in [6.07, 6.45) is -5.39. The summed E-state index contributed by atoms with van der Waals surface area (Å²) in [5.41, 5.74) is 2.03. The Bertz CT molecular complexity index is 1620. The Kier molecular flexibility index (Phi) is 13.9. The number of carboxylic acid groups (broad SMARTS) is 1. The van der Waals surface area contributed by atoms with E-state index in [1.807, 2.05) is 25.1 Å². The van der Waals surface area contributed by atoms with Crippen molar-refractivity contribution in [2.75, 3.05) is 6.61 Å². The fourth-order valence-electron chi connectivity index (χ4n) is 5.44. The van der Waals surface area contributed by atoms with Crippen molar-refractivity contribution in [3.63, 3.8) is 0 Å². The lowest BCUT2D eigenvalue weighted by Crippen LogP contribution is -2.63. The van der Waals surface area contributed by atoms with Crippen molar-refractivity contribution in [2.45, 2.75) is 110 Å². The zero-order chi connectivity index (χ0) is 38.0. The highest BCUT2D eigenvalue weighted by Gasteiger charge is 2.53. The average molecular weight is 716 g/mol. The Morgan fingerprint density at radius 2 is 1.43 bits per heavy atom. The summed E-state index contributed by atoms with van der Waals surface area (Å²) in [4.78, 5) is 71.7. The van der Waals surface area contributed by atoms with Crippen LogP contribution < -0.4 is 10.1 Å². The number of carbonyl (C=O) groups is 6. The normalized spacial score (nSPS) is 20.0. The molecule has 0 aromatic heterocycles. The van der Waals surface area contributed by atoms with Crippen LogP contribution in [0.3, 0.4) is 0 Å². The molecule has 15 heteroatoms. The van der Waals surface area contributed by atoms with Crippen molar-refractivity contribution in [2.24, 2.45) is 0 Å². The molecule has 1 heterocycles. The molecule has 5 atom stereocenters. The fraction of sp³-hybridized carbons (Fsp3) is 0.500. The zero-order valence-corrected chi connectivity index (χ0v) is 29.7. The van der Waals surface area contributed by atoms with Gasteiger partial charge in [0.1, 0.15) is 29.7 Å². The monoisotopic (exact) mass is 715 g/mol. The number of rotatable bonds is 15. The highest BCUT2D eigenvalue weighted by molar-refractivity contribution is 5.86. The standard InChI is InChI=1S/C36H45NO14/c1-19-15-24(9-8-10-30(43)37-36(6,7)35(44)45)11-12-25(19)16-26-13-14-27(42)17-28(26)50-34-33(49-23(5)41)32(48-22(4)40)31(47-21(3)39)29(51-34)18-46-20(2)38/h11-15,17,29,31-34,42H,8-10,16,18H2,1-7H3,(H,37,43)(H,44,45)/t29-,31-,32+,33-,34-/m1/s1. The van der Waals surface area contributed by atoms with Crippen LogP contribution >= 0.6 is 0 Å². The molecule has 0 aliphatic carbocycles. The number of amides is 1. The summed E-state index contributed by atoms with van der Waals surface area (Å²) in [6.45, 7) is 8.85. The SMILES string of the molecule is CC(=O)OC[C@H]1O[C@@H](Oc2cc(O)ccc2Cc2ccc(CCCC(=O)NC(C)(C)C(=O)O)cc2C)[C@H](OC(C)=O)[C@@H](OC(C)=O)[C@@H]1OC(C)=O. The molecule has 278 valence electrons. The van der Waals surface area contributed by atoms with Gasteiger partial charge in [-0.05, 0) is 61.9 Å². The average Bonchev–Trinajstić information content (AvgIpc) is 3.00. The van der Waals surface area contributed by atoms with Crippen LogP contribution in [0.1, 0.15) is 76.6 Å². The Hall–Kier alpha value is -5.18. The van der Waals surface area contributed by atoms with E-state index in [2.05, 4.69) is 5.32 Å². The van der Waals surface area contributed by atoms with Crippen LogP contribution in [0, 0.1) is 6.92 Å². The Morgan fingerprint density at radius 1 is 0.824 bits per heavy atom. The van der Waals surface area contributed by atoms with Crippen molar-refractivity contribution in [1.82, 2.24) is 5.32 Å². The third-order valence-electron chi connectivity index (χ3n) is 7.89. The van der Waals surface area contributed by atoms with Gasteiger partial charge in [-0.3, -0.25) is 24.0 Å². The number of nitrogens with one attached hydrogen (secondary N) is 1. The van der Waals surface area contributed by atoms with Crippen LogP contribution in [0.15, 0.2) is 36.4 Å². The van der Waals surface area contributed by atoms with Gasteiger partial charge < -0.3 is 44.0 Å². The van der Waals surface area contributed by atoms with Gasteiger partial charge in [0.25, 0.3) is 0 Å². The predicted octanol–water partition coefficient (Wildman–Crippen LogP) is 3.06. The van der Waals surface area contributed by atoms with Gasteiger partial charge in [-0.2, -0.15) is 0 Å². The number of aryl methyl sites for hydroxylation is 2. The van der Waals surface area contributed by atoms with E-state index in [4.69, 9.17) is 28.4 Å². The maximum Gasteiger partial charge on any atom is 0.328 e. The van der Waals surface area contributed by atoms with Crippen LogP contribution in [0.25, 0.3) is 0 Å². The molecule has 1 amide bonds. The lowest BCUT2D eigenvalue weighted by Gasteiger charge is -2.44. The van der Waals surface area contributed by atoms with E-state index in [0.29, 0.717) is 24.8 Å². The molecule has 1 fully saturated rings. The minimum atomic E-state index is -1.49. The van der Waals surface area contributed by atoms with Gasteiger partial charge in [-0.25, -0.2) is 4.79 Å². The molecule has 2 aromatic rings. The first kappa shape index (κ1) is 40.3. The van der Waals surface area contributed by atoms with Crippen LogP contribution in [0.4, 0.5) is 0 Å². The molecule has 2 aromatic carbocycles. The largest absolute Gasteiger partial charge is 0.508 e. The molecule has 15 nitrogen and oxygen atoms in total. The summed E-state index contributed by atoms with van der Waals surface area (Å²) in [5.74, 6) is -4.50. The Balaban J connectivity index is 1.87. The van der Waals surface area contributed by atoms with Gasteiger partial charge in [0, 0.05) is 46.6 Å². The molecule has 0 bridgehead atoms. The van der Waals surface area contributed by atoms with Gasteiger partial charge in [0.2, 0.25) is 18.3 Å². The number of aromatic hydroxyl groups is 1. The van der Waals surface area contributed by atoms with Gasteiger partial charge >= 0.3 is 29.8 Å². The first-order chi connectivity index (χ1) is 23.9. The van der Waals surface area contributed by atoms with E-state index in [9.17, 15) is 39.0 Å². The highest BCUT2D eigenvalue weighted by atomic mass is 16.7. The van der Waals surface area contributed by atoms with E-state index in [1.165, 1.54) is 32.9 Å². The van der Waals surface area contributed by atoms with Crippen LogP contribution in [0.5, 0.6) is 11.5 Å². The maximum atomic E-state index is 12.3. The van der Waals surface area contributed by atoms with Crippen LogP contribution in [-0.4, -0.2) is 88.8 Å². The number of phenols is 1. The summed E-state index contributed by atoms with van der Waals surface area (Å²) in [7, 11) is 0. The van der Waals surface area contributed by atoms with E-state index < -0.39 is 72.7 Å². The number of hydrogen-bond acceptors (Lipinski definition) is 13. The quantitative estimate of drug-likeness (QED) is 0.179. The lowest BCUT2D eigenvalue weighted by molar-refractivity contribution is -0.288. The second-order valence-electron chi connectivity index (χ2n) is 12.7. The first-order valence-electron chi connectivity index (χ1n) is 16.3. The van der Waals surface area contributed by atoms with Crippen molar-refractivity contribution in [3.8, 4) is 11.5 Å². The van der Waals surface area contributed by atoms with Crippen molar-refractivity contribution in [1.29, 1.82) is 0 Å². The molecular weight excluding hydrogens is 670 g/mol. The molecule has 3 rings (SSSR count). The first-order valence-corrected chi connectivity index (χ1v) is 16.3. The number of phenolic OH excluding ortho intramolecular Hbond substituents is 1. The second-order valence-corrected chi connectivity index (χ2v) is 12.7. The molecule has 0 spiro atoms. The van der Waals surface area contributed by atoms with E-state index in [0.717, 1.165) is 37.5 Å². The highest BCUT2D eigenvalue weighted by Crippen LogP contribution is 2.34. The van der Waals surface area contributed by atoms with Gasteiger partial charge in [0.05, 0.1) is 0 Å². The molecule has 51 heavy (non-hydrogen) atoms. The van der Waals surface area contributed by atoms with Crippen molar-refractivity contribution >= 4 is 35.8 Å². The maximum absolute atomic E-state index is 12.3. The van der Waals surface area contributed by atoms with Crippen LogP contribution in [0.2, 0.25) is 0 Å². The second kappa shape index (κ2) is 17.7. The van der Waals surface area contributed by atoms with Gasteiger partial charge in [-0.15, -0.1) is 0 Å². The fourth-order valence-corrected chi connectivity index (χ4v) is 5.44. The Labute approximate surface area is 295 Å². The van der Waals surface area contributed by atoms with E-state index >= 15 is 0 Å². The van der Waals surface area contributed by atoms with E-state index in [1.54, 1.807) is 6.07 Å².